The normalized spacial score (nSPS) is 15.9. The summed E-state index contributed by atoms with van der Waals surface area (Å²) in [6, 6.07) is 0. The zero-order chi connectivity index (χ0) is 15.5. The Morgan fingerprint density at radius 1 is 0.895 bits per heavy atom. The monoisotopic (exact) mass is 316 g/mol. The maximum Gasteiger partial charge on any atom is 0.530 e. The van der Waals surface area contributed by atoms with E-state index in [1.165, 1.54) is 0 Å². The van der Waals surface area contributed by atoms with E-state index in [2.05, 4.69) is 4.74 Å². The van der Waals surface area contributed by atoms with Gasteiger partial charge in [-0.05, 0) is 6.92 Å². The standard InChI is InChI=1S/C8H14F6O4Si/c1-5(19(15-2,16-3)17-4)18-8(13,14)7(11,12)6(9)10/h5-6H,1-4H3. The average Bonchev–Trinajstić information content (AvgIpc) is 2.30. The lowest BCUT2D eigenvalue weighted by atomic mass is 10.3. The third kappa shape index (κ3) is 3.59. The first-order chi connectivity index (χ1) is 8.50. The molecule has 11 heteroatoms. The molecule has 0 aliphatic heterocycles. The van der Waals surface area contributed by atoms with Gasteiger partial charge in [0.1, 0.15) is 5.73 Å². The summed E-state index contributed by atoms with van der Waals surface area (Å²) in [7, 11) is -0.734. The molecule has 19 heavy (non-hydrogen) atoms. The molecule has 1 atom stereocenters. The van der Waals surface area contributed by atoms with E-state index in [9.17, 15) is 26.3 Å². The lowest BCUT2D eigenvalue weighted by molar-refractivity contribution is -0.380. The van der Waals surface area contributed by atoms with Gasteiger partial charge in [0.05, 0.1) is 0 Å². The number of alkyl halides is 6. The smallest absolute Gasteiger partial charge is 0.375 e. The van der Waals surface area contributed by atoms with Crippen molar-refractivity contribution in [1.82, 2.24) is 0 Å². The topological polar surface area (TPSA) is 36.9 Å². The highest BCUT2D eigenvalue weighted by Gasteiger charge is 2.67. The van der Waals surface area contributed by atoms with Crippen molar-refractivity contribution < 1.29 is 44.4 Å². The van der Waals surface area contributed by atoms with Crippen LogP contribution in [-0.4, -0.2) is 54.3 Å². The van der Waals surface area contributed by atoms with E-state index in [-0.39, 0.29) is 0 Å². The van der Waals surface area contributed by atoms with Crippen molar-refractivity contribution in [1.29, 1.82) is 0 Å². The highest BCUT2D eigenvalue weighted by molar-refractivity contribution is 6.61. The van der Waals surface area contributed by atoms with Crippen LogP contribution in [0.3, 0.4) is 0 Å². The molecule has 0 N–H and O–H groups in total. The molecule has 1 unspecified atom stereocenters. The molecule has 0 bridgehead atoms. The Kier molecular flexibility index (Phi) is 6.27. The van der Waals surface area contributed by atoms with Crippen molar-refractivity contribution in [2.24, 2.45) is 0 Å². The van der Waals surface area contributed by atoms with Gasteiger partial charge in [-0.3, -0.25) is 0 Å². The van der Waals surface area contributed by atoms with Gasteiger partial charge in [0.2, 0.25) is 0 Å². The van der Waals surface area contributed by atoms with Gasteiger partial charge < -0.3 is 18.0 Å². The van der Waals surface area contributed by atoms with Gasteiger partial charge in [-0.15, -0.1) is 0 Å². The molecule has 0 aromatic rings. The maximum absolute atomic E-state index is 13.0. The Balaban J connectivity index is 5.12. The molecular formula is C8H14F6O4Si. The van der Waals surface area contributed by atoms with Crippen LogP contribution in [0, 0.1) is 0 Å². The van der Waals surface area contributed by atoms with Crippen LogP contribution in [-0.2, 0) is 18.0 Å². The van der Waals surface area contributed by atoms with Crippen LogP contribution in [0.1, 0.15) is 6.92 Å². The average molecular weight is 316 g/mol. The van der Waals surface area contributed by atoms with Gasteiger partial charge in [-0.25, -0.2) is 8.78 Å². The summed E-state index contributed by atoms with van der Waals surface area (Å²) in [4.78, 5) is 0. The van der Waals surface area contributed by atoms with E-state index in [1.807, 2.05) is 0 Å². The van der Waals surface area contributed by atoms with E-state index in [0.29, 0.717) is 0 Å². The lowest BCUT2D eigenvalue weighted by Gasteiger charge is -2.34. The van der Waals surface area contributed by atoms with E-state index in [4.69, 9.17) is 13.3 Å². The molecule has 0 aliphatic carbocycles. The molecular weight excluding hydrogens is 302 g/mol. The summed E-state index contributed by atoms with van der Waals surface area (Å²) in [6.45, 7) is 0.901. The Morgan fingerprint density at radius 2 is 1.26 bits per heavy atom. The predicted octanol–water partition coefficient (Wildman–Crippen LogP) is 2.30. The molecule has 0 aliphatic rings. The summed E-state index contributed by atoms with van der Waals surface area (Å²) >= 11 is 0. The molecule has 0 spiro atoms. The van der Waals surface area contributed by atoms with Gasteiger partial charge in [0.25, 0.3) is 0 Å². The first kappa shape index (κ1) is 18.6. The minimum atomic E-state index is -5.64. The fourth-order valence-electron chi connectivity index (χ4n) is 1.25. The van der Waals surface area contributed by atoms with Gasteiger partial charge in [-0.1, -0.05) is 0 Å². The fraction of sp³-hybridized carbons (Fsp3) is 1.00. The number of ether oxygens (including phenoxy) is 1. The van der Waals surface area contributed by atoms with E-state index < -0.39 is 33.0 Å². The molecule has 0 aromatic heterocycles. The molecule has 4 nitrogen and oxygen atoms in total. The van der Waals surface area contributed by atoms with Gasteiger partial charge in [0, 0.05) is 21.3 Å². The van der Waals surface area contributed by atoms with Crippen molar-refractivity contribution in [3.05, 3.63) is 0 Å². The first-order valence-corrected chi connectivity index (χ1v) is 6.68. The quantitative estimate of drug-likeness (QED) is 0.509. The van der Waals surface area contributed by atoms with Crippen LogP contribution in [0.4, 0.5) is 26.3 Å². The van der Waals surface area contributed by atoms with E-state index in [1.54, 1.807) is 0 Å². The van der Waals surface area contributed by atoms with Crippen molar-refractivity contribution >= 4 is 8.80 Å². The Morgan fingerprint density at radius 3 is 1.53 bits per heavy atom. The zero-order valence-electron chi connectivity index (χ0n) is 10.6. The van der Waals surface area contributed by atoms with Gasteiger partial charge >= 0.3 is 27.3 Å². The molecule has 0 amide bonds. The predicted molar refractivity (Wildman–Crippen MR) is 53.2 cm³/mol. The highest BCUT2D eigenvalue weighted by atomic mass is 28.4. The minimum Gasteiger partial charge on any atom is -0.375 e. The summed E-state index contributed by atoms with van der Waals surface area (Å²) in [5, 5.41) is 0. The third-order valence-corrected chi connectivity index (χ3v) is 5.16. The minimum absolute atomic E-state index is 0.901. The SMILES string of the molecule is CO[Si](OC)(OC)C(C)OC(F)(F)C(F)(F)C(F)F. The van der Waals surface area contributed by atoms with Crippen LogP contribution in [0.15, 0.2) is 0 Å². The summed E-state index contributed by atoms with van der Waals surface area (Å²) in [5.74, 6) is -5.64. The van der Waals surface area contributed by atoms with Crippen molar-refractivity contribution in [3.8, 4) is 0 Å². The van der Waals surface area contributed by atoms with E-state index in [0.717, 1.165) is 28.3 Å². The molecule has 0 saturated carbocycles. The number of rotatable bonds is 8. The highest BCUT2D eigenvalue weighted by Crippen LogP contribution is 2.41. The molecule has 0 fully saturated rings. The molecule has 0 saturated heterocycles. The molecule has 0 aromatic carbocycles. The van der Waals surface area contributed by atoms with Crippen molar-refractivity contribution in [2.45, 2.75) is 31.1 Å². The number of hydrogen-bond acceptors (Lipinski definition) is 4. The summed E-state index contributed by atoms with van der Waals surface area (Å²) in [5.41, 5.74) is -1.79. The Hall–Kier alpha value is -0.363. The maximum atomic E-state index is 13.0. The largest absolute Gasteiger partial charge is 0.530 e. The number of hydrogen-bond donors (Lipinski definition) is 0. The van der Waals surface area contributed by atoms with Crippen LogP contribution >= 0.6 is 0 Å². The number of halogens is 6. The Labute approximate surface area is 106 Å². The fourth-order valence-corrected chi connectivity index (χ4v) is 3.04. The van der Waals surface area contributed by atoms with Crippen LogP contribution in [0.5, 0.6) is 0 Å². The van der Waals surface area contributed by atoms with Crippen LogP contribution in [0.25, 0.3) is 0 Å². The molecule has 116 valence electrons. The summed E-state index contributed by atoms with van der Waals surface area (Å²) in [6.07, 6.45) is -9.98. The second-order valence-electron chi connectivity index (χ2n) is 3.42. The van der Waals surface area contributed by atoms with Crippen molar-refractivity contribution in [3.63, 3.8) is 0 Å². The second kappa shape index (κ2) is 6.39. The zero-order valence-corrected chi connectivity index (χ0v) is 11.6. The molecule has 0 heterocycles. The first-order valence-electron chi connectivity index (χ1n) is 4.87. The van der Waals surface area contributed by atoms with Crippen LogP contribution in [0.2, 0.25) is 0 Å². The third-order valence-electron chi connectivity index (χ3n) is 2.34. The summed E-state index contributed by atoms with van der Waals surface area (Å²) < 4.78 is 93.1. The van der Waals surface area contributed by atoms with Gasteiger partial charge in [-0.2, -0.15) is 17.6 Å². The molecule has 0 rings (SSSR count). The molecule has 0 radical (unpaired) electrons. The Bertz CT molecular complexity index is 278. The van der Waals surface area contributed by atoms with Crippen molar-refractivity contribution in [2.75, 3.05) is 21.3 Å². The lowest BCUT2D eigenvalue weighted by Crippen LogP contribution is -2.59. The van der Waals surface area contributed by atoms with Gasteiger partial charge in [0.15, 0.2) is 0 Å². The second-order valence-corrected chi connectivity index (χ2v) is 6.66. The van der Waals surface area contributed by atoms with E-state index >= 15 is 0 Å². The van der Waals surface area contributed by atoms with Crippen LogP contribution < -0.4 is 0 Å².